The Morgan fingerprint density at radius 3 is 2.65 bits per heavy atom. The molecule has 0 spiro atoms. The van der Waals surface area contributed by atoms with E-state index in [2.05, 4.69) is 47.4 Å². The highest BCUT2D eigenvalue weighted by molar-refractivity contribution is 5.09. The molecule has 1 aliphatic rings. The molecule has 1 N–H and O–H groups in total. The first kappa shape index (κ1) is 15.5. The lowest BCUT2D eigenvalue weighted by Gasteiger charge is -2.20. The lowest BCUT2D eigenvalue weighted by atomic mass is 10.1. The summed E-state index contributed by atoms with van der Waals surface area (Å²) in [6.07, 6.45) is 8.39. The van der Waals surface area contributed by atoms with E-state index in [9.17, 15) is 0 Å². The number of rotatable bonds is 6. The first-order valence-electron chi connectivity index (χ1n) is 8.08. The fourth-order valence-electron chi connectivity index (χ4n) is 2.99. The molecule has 112 valence electrons. The number of nitrogens with zero attached hydrogens (tertiary/aromatic N) is 2. The van der Waals surface area contributed by atoms with E-state index in [1.807, 2.05) is 0 Å². The van der Waals surface area contributed by atoms with E-state index in [0.29, 0.717) is 0 Å². The monoisotopic (exact) mass is 275 g/mol. The van der Waals surface area contributed by atoms with Crippen LogP contribution in [0.2, 0.25) is 0 Å². The zero-order valence-corrected chi connectivity index (χ0v) is 13.1. The van der Waals surface area contributed by atoms with Crippen molar-refractivity contribution in [1.82, 2.24) is 15.2 Å². The predicted molar refractivity (Wildman–Crippen MR) is 84.8 cm³/mol. The lowest BCUT2D eigenvalue weighted by molar-refractivity contribution is 0.308. The molecule has 1 aromatic heterocycles. The summed E-state index contributed by atoms with van der Waals surface area (Å²) >= 11 is 0. The standard InChI is InChI=1S/C17H29N3/c1-15-8-7-11-17(19-15)14-20(2)13-12-18-16-9-5-3-4-6-10-16/h7-8,11,16,18H,3-6,9-10,12-14H2,1-2H3. The number of aromatic nitrogens is 1. The number of pyridine rings is 1. The minimum Gasteiger partial charge on any atom is -0.313 e. The Balaban J connectivity index is 1.65. The van der Waals surface area contributed by atoms with Gasteiger partial charge in [0.25, 0.3) is 0 Å². The largest absolute Gasteiger partial charge is 0.313 e. The van der Waals surface area contributed by atoms with Gasteiger partial charge in [-0.1, -0.05) is 31.7 Å². The second kappa shape index (κ2) is 8.38. The molecule has 0 unspecified atom stereocenters. The van der Waals surface area contributed by atoms with Gasteiger partial charge in [-0.15, -0.1) is 0 Å². The maximum atomic E-state index is 4.56. The van der Waals surface area contributed by atoms with Gasteiger partial charge in [0.1, 0.15) is 0 Å². The van der Waals surface area contributed by atoms with Gasteiger partial charge < -0.3 is 5.32 Å². The van der Waals surface area contributed by atoms with Crippen molar-refractivity contribution in [3.8, 4) is 0 Å². The molecule has 0 bridgehead atoms. The summed E-state index contributed by atoms with van der Waals surface area (Å²) in [4.78, 5) is 6.91. The highest BCUT2D eigenvalue weighted by atomic mass is 15.1. The summed E-state index contributed by atoms with van der Waals surface area (Å²) in [5.41, 5.74) is 2.27. The molecule has 1 saturated carbocycles. The van der Waals surface area contributed by atoms with Crippen molar-refractivity contribution < 1.29 is 0 Å². The fraction of sp³-hybridized carbons (Fsp3) is 0.706. The summed E-state index contributed by atoms with van der Waals surface area (Å²) in [5.74, 6) is 0. The van der Waals surface area contributed by atoms with Crippen molar-refractivity contribution in [2.24, 2.45) is 0 Å². The van der Waals surface area contributed by atoms with Crippen LogP contribution in [-0.4, -0.2) is 36.1 Å². The van der Waals surface area contributed by atoms with Crippen LogP contribution in [0.15, 0.2) is 18.2 Å². The van der Waals surface area contributed by atoms with E-state index in [4.69, 9.17) is 0 Å². The second-order valence-electron chi connectivity index (χ2n) is 6.15. The zero-order valence-electron chi connectivity index (χ0n) is 13.1. The molecule has 1 fully saturated rings. The van der Waals surface area contributed by atoms with Gasteiger partial charge in [0.2, 0.25) is 0 Å². The molecule has 1 aliphatic carbocycles. The molecule has 2 rings (SSSR count). The molecule has 3 nitrogen and oxygen atoms in total. The zero-order chi connectivity index (χ0) is 14.2. The minimum atomic E-state index is 0.753. The predicted octanol–water partition coefficient (Wildman–Crippen LogP) is 3.13. The number of likely N-dealkylation sites (N-methyl/N-ethyl adjacent to an activating group) is 1. The first-order chi connectivity index (χ1) is 9.74. The first-order valence-corrected chi connectivity index (χ1v) is 8.08. The molecule has 0 aliphatic heterocycles. The van der Waals surface area contributed by atoms with Gasteiger partial charge in [-0.3, -0.25) is 9.88 Å². The van der Waals surface area contributed by atoms with Crippen molar-refractivity contribution in [1.29, 1.82) is 0 Å². The normalized spacial score (nSPS) is 17.4. The van der Waals surface area contributed by atoms with Gasteiger partial charge in [0.15, 0.2) is 0 Å². The molecule has 1 heterocycles. The third-order valence-corrected chi connectivity index (χ3v) is 4.16. The van der Waals surface area contributed by atoms with Crippen LogP contribution in [0, 0.1) is 6.92 Å². The van der Waals surface area contributed by atoms with Crippen LogP contribution in [0.4, 0.5) is 0 Å². The SMILES string of the molecule is Cc1cccc(CN(C)CCNC2CCCCCC2)n1. The molecule has 0 atom stereocenters. The van der Waals surface area contributed by atoms with Gasteiger partial charge in [-0.05, 0) is 38.9 Å². The van der Waals surface area contributed by atoms with Gasteiger partial charge in [0.05, 0.1) is 5.69 Å². The van der Waals surface area contributed by atoms with Crippen LogP contribution in [-0.2, 0) is 6.54 Å². The Bertz CT molecular complexity index is 384. The van der Waals surface area contributed by atoms with E-state index >= 15 is 0 Å². The Labute approximate surface area is 123 Å². The summed E-state index contributed by atoms with van der Waals surface area (Å²) in [7, 11) is 2.18. The number of aryl methyl sites for hydroxylation is 1. The second-order valence-corrected chi connectivity index (χ2v) is 6.15. The van der Waals surface area contributed by atoms with Crippen LogP contribution in [0.3, 0.4) is 0 Å². The highest BCUT2D eigenvalue weighted by Gasteiger charge is 2.11. The van der Waals surface area contributed by atoms with Crippen molar-refractivity contribution in [3.05, 3.63) is 29.6 Å². The summed E-state index contributed by atoms with van der Waals surface area (Å²) in [6, 6.07) is 7.01. The van der Waals surface area contributed by atoms with E-state index in [0.717, 1.165) is 31.4 Å². The van der Waals surface area contributed by atoms with E-state index in [-0.39, 0.29) is 0 Å². The molecule has 0 amide bonds. The summed E-state index contributed by atoms with van der Waals surface area (Å²) < 4.78 is 0. The third kappa shape index (κ3) is 5.59. The molecule has 3 heteroatoms. The average molecular weight is 275 g/mol. The number of hydrogen-bond acceptors (Lipinski definition) is 3. The molecular formula is C17H29N3. The highest BCUT2D eigenvalue weighted by Crippen LogP contribution is 2.16. The summed E-state index contributed by atoms with van der Waals surface area (Å²) in [5, 5.41) is 3.73. The molecule has 20 heavy (non-hydrogen) atoms. The number of nitrogens with one attached hydrogen (secondary N) is 1. The van der Waals surface area contributed by atoms with E-state index in [1.165, 1.54) is 44.2 Å². The quantitative estimate of drug-likeness (QED) is 0.809. The maximum absolute atomic E-state index is 4.56. The Kier molecular flexibility index (Phi) is 6.48. The van der Waals surface area contributed by atoms with Crippen molar-refractivity contribution in [2.75, 3.05) is 20.1 Å². The molecule has 0 radical (unpaired) electrons. The van der Waals surface area contributed by atoms with Crippen molar-refractivity contribution in [3.63, 3.8) is 0 Å². The van der Waals surface area contributed by atoms with Crippen LogP contribution in [0.5, 0.6) is 0 Å². The van der Waals surface area contributed by atoms with Gasteiger partial charge in [0, 0.05) is 31.4 Å². The van der Waals surface area contributed by atoms with Gasteiger partial charge >= 0.3 is 0 Å². The van der Waals surface area contributed by atoms with Crippen LogP contribution < -0.4 is 5.32 Å². The lowest BCUT2D eigenvalue weighted by Crippen LogP contribution is -2.35. The third-order valence-electron chi connectivity index (χ3n) is 4.16. The minimum absolute atomic E-state index is 0.753. The van der Waals surface area contributed by atoms with Crippen LogP contribution >= 0.6 is 0 Å². The molecule has 0 saturated heterocycles. The van der Waals surface area contributed by atoms with Gasteiger partial charge in [-0.2, -0.15) is 0 Å². The van der Waals surface area contributed by atoms with Crippen LogP contribution in [0.1, 0.15) is 49.9 Å². The van der Waals surface area contributed by atoms with Crippen LogP contribution in [0.25, 0.3) is 0 Å². The summed E-state index contributed by atoms with van der Waals surface area (Å²) in [6.45, 7) is 5.17. The van der Waals surface area contributed by atoms with Gasteiger partial charge in [-0.25, -0.2) is 0 Å². The topological polar surface area (TPSA) is 28.2 Å². The Hall–Kier alpha value is -0.930. The van der Waals surface area contributed by atoms with Crippen molar-refractivity contribution >= 4 is 0 Å². The maximum Gasteiger partial charge on any atom is 0.0547 e. The molecule has 1 aromatic rings. The van der Waals surface area contributed by atoms with E-state index in [1.54, 1.807) is 0 Å². The number of hydrogen-bond donors (Lipinski definition) is 1. The Morgan fingerprint density at radius 1 is 1.20 bits per heavy atom. The molecule has 0 aromatic carbocycles. The van der Waals surface area contributed by atoms with E-state index < -0.39 is 0 Å². The fourth-order valence-corrected chi connectivity index (χ4v) is 2.99. The Morgan fingerprint density at radius 2 is 1.95 bits per heavy atom. The average Bonchev–Trinajstić information content (AvgIpc) is 2.67. The molecular weight excluding hydrogens is 246 g/mol. The van der Waals surface area contributed by atoms with Crippen molar-refractivity contribution in [2.45, 2.75) is 58.0 Å². The smallest absolute Gasteiger partial charge is 0.0547 e.